The van der Waals surface area contributed by atoms with E-state index in [1.807, 2.05) is 23.1 Å². The first-order valence-corrected chi connectivity index (χ1v) is 6.72. The third kappa shape index (κ3) is 2.85. The minimum absolute atomic E-state index is 0.274. The largest absolute Gasteiger partial charge is 0.375 e. The third-order valence-electron chi connectivity index (χ3n) is 3.48. The molecular weight excluding hydrogens is 238 g/mol. The van der Waals surface area contributed by atoms with Crippen molar-refractivity contribution in [3.8, 4) is 0 Å². The van der Waals surface area contributed by atoms with E-state index in [4.69, 9.17) is 4.74 Å². The molecule has 0 fully saturated rings. The molecule has 0 radical (unpaired) electrons. The molecule has 1 aromatic heterocycles. The second kappa shape index (κ2) is 5.55. The van der Waals surface area contributed by atoms with Crippen LogP contribution >= 0.6 is 0 Å². The van der Waals surface area contributed by atoms with Crippen molar-refractivity contribution >= 4 is 0 Å². The molecule has 2 atom stereocenters. The second-order valence-corrected chi connectivity index (χ2v) is 5.06. The lowest BCUT2D eigenvalue weighted by Crippen LogP contribution is -2.38. The average Bonchev–Trinajstić information content (AvgIpc) is 2.92. The fourth-order valence-corrected chi connectivity index (χ4v) is 2.61. The van der Waals surface area contributed by atoms with Gasteiger partial charge in [0.25, 0.3) is 0 Å². The number of fused-ring (bicyclic) bond motifs is 1. The van der Waals surface area contributed by atoms with Crippen molar-refractivity contribution in [2.75, 3.05) is 6.61 Å². The maximum absolute atomic E-state index is 5.66. The minimum atomic E-state index is 0.274. The van der Waals surface area contributed by atoms with Gasteiger partial charge in [-0.1, -0.05) is 24.3 Å². The summed E-state index contributed by atoms with van der Waals surface area (Å²) >= 11 is 0. The Hall–Kier alpha value is -1.65. The van der Waals surface area contributed by atoms with Gasteiger partial charge in [0.2, 0.25) is 0 Å². The maximum Gasteiger partial charge on any atom is 0.0721 e. The molecular formula is C15H19N3O. The smallest absolute Gasteiger partial charge is 0.0721 e. The molecule has 19 heavy (non-hydrogen) atoms. The lowest BCUT2D eigenvalue weighted by atomic mass is 9.98. The quantitative estimate of drug-likeness (QED) is 0.912. The van der Waals surface area contributed by atoms with Gasteiger partial charge in [-0.25, -0.2) is 0 Å². The lowest BCUT2D eigenvalue weighted by Gasteiger charge is -2.29. The van der Waals surface area contributed by atoms with Crippen molar-refractivity contribution < 1.29 is 4.74 Å². The number of hydrogen-bond acceptors (Lipinski definition) is 3. The summed E-state index contributed by atoms with van der Waals surface area (Å²) in [6.07, 6.45) is 3.80. The van der Waals surface area contributed by atoms with Crippen molar-refractivity contribution in [1.82, 2.24) is 15.1 Å². The van der Waals surface area contributed by atoms with Crippen molar-refractivity contribution in [3.63, 3.8) is 0 Å². The molecule has 2 heterocycles. The number of aromatic nitrogens is 2. The SMILES string of the molecule is CC(Cn1cccn1)NC1COCc2ccccc21. The zero-order valence-electron chi connectivity index (χ0n) is 11.1. The highest BCUT2D eigenvalue weighted by Crippen LogP contribution is 2.24. The second-order valence-electron chi connectivity index (χ2n) is 5.06. The van der Waals surface area contributed by atoms with Gasteiger partial charge in [0.1, 0.15) is 0 Å². The molecule has 4 nitrogen and oxygen atoms in total. The van der Waals surface area contributed by atoms with Crippen LogP contribution in [-0.4, -0.2) is 22.4 Å². The Bertz CT molecular complexity index is 524. The average molecular weight is 257 g/mol. The first kappa shape index (κ1) is 12.4. The molecule has 4 heteroatoms. The normalized spacial score (nSPS) is 19.9. The minimum Gasteiger partial charge on any atom is -0.375 e. The van der Waals surface area contributed by atoms with E-state index in [9.17, 15) is 0 Å². The number of benzene rings is 1. The zero-order chi connectivity index (χ0) is 13.1. The summed E-state index contributed by atoms with van der Waals surface area (Å²) in [5, 5.41) is 7.87. The molecule has 0 aliphatic carbocycles. The topological polar surface area (TPSA) is 39.1 Å². The van der Waals surface area contributed by atoms with Crippen LogP contribution in [0.15, 0.2) is 42.7 Å². The molecule has 3 rings (SSSR count). The van der Waals surface area contributed by atoms with Gasteiger partial charge >= 0.3 is 0 Å². The molecule has 1 aliphatic heterocycles. The van der Waals surface area contributed by atoms with E-state index < -0.39 is 0 Å². The summed E-state index contributed by atoms with van der Waals surface area (Å²) in [6, 6.07) is 11.1. The number of hydrogen-bond donors (Lipinski definition) is 1. The molecule has 0 spiro atoms. The first-order chi connectivity index (χ1) is 9.33. The van der Waals surface area contributed by atoms with Gasteiger partial charge < -0.3 is 10.1 Å². The van der Waals surface area contributed by atoms with Crippen LogP contribution in [0.1, 0.15) is 24.1 Å². The fraction of sp³-hybridized carbons (Fsp3) is 0.400. The van der Waals surface area contributed by atoms with E-state index in [1.54, 1.807) is 0 Å². The van der Waals surface area contributed by atoms with Crippen LogP contribution in [0.5, 0.6) is 0 Å². The Morgan fingerprint density at radius 2 is 2.32 bits per heavy atom. The Balaban J connectivity index is 1.67. The Kier molecular flexibility index (Phi) is 3.62. The fourth-order valence-electron chi connectivity index (χ4n) is 2.61. The van der Waals surface area contributed by atoms with Crippen molar-refractivity contribution in [3.05, 3.63) is 53.9 Å². The summed E-state index contributed by atoms with van der Waals surface area (Å²) < 4.78 is 7.61. The van der Waals surface area contributed by atoms with Gasteiger partial charge in [0.15, 0.2) is 0 Å². The van der Waals surface area contributed by atoms with Crippen LogP contribution < -0.4 is 5.32 Å². The van der Waals surface area contributed by atoms with E-state index >= 15 is 0 Å². The highest BCUT2D eigenvalue weighted by atomic mass is 16.5. The molecule has 0 saturated carbocycles. The molecule has 2 aromatic rings. The van der Waals surface area contributed by atoms with E-state index in [-0.39, 0.29) is 6.04 Å². The van der Waals surface area contributed by atoms with Gasteiger partial charge in [-0.3, -0.25) is 4.68 Å². The van der Waals surface area contributed by atoms with E-state index in [0.29, 0.717) is 6.04 Å². The molecule has 0 amide bonds. The van der Waals surface area contributed by atoms with Gasteiger partial charge in [-0.05, 0) is 24.1 Å². The predicted octanol–water partition coefficient (Wildman–Crippen LogP) is 2.13. The lowest BCUT2D eigenvalue weighted by molar-refractivity contribution is 0.0782. The van der Waals surface area contributed by atoms with Gasteiger partial charge in [-0.2, -0.15) is 5.10 Å². The Morgan fingerprint density at radius 1 is 1.42 bits per heavy atom. The summed E-state index contributed by atoms with van der Waals surface area (Å²) in [4.78, 5) is 0. The molecule has 0 saturated heterocycles. The number of ether oxygens (including phenoxy) is 1. The van der Waals surface area contributed by atoms with Crippen molar-refractivity contribution in [1.29, 1.82) is 0 Å². The molecule has 1 N–H and O–H groups in total. The van der Waals surface area contributed by atoms with E-state index in [2.05, 4.69) is 41.6 Å². The Morgan fingerprint density at radius 3 is 3.16 bits per heavy atom. The molecule has 0 bridgehead atoms. The first-order valence-electron chi connectivity index (χ1n) is 6.72. The summed E-state index contributed by atoms with van der Waals surface area (Å²) in [7, 11) is 0. The summed E-state index contributed by atoms with van der Waals surface area (Å²) in [5.74, 6) is 0. The van der Waals surface area contributed by atoms with Gasteiger partial charge in [0, 0.05) is 18.4 Å². The van der Waals surface area contributed by atoms with Crippen LogP contribution in [0.4, 0.5) is 0 Å². The molecule has 100 valence electrons. The number of nitrogens with one attached hydrogen (secondary N) is 1. The molecule has 2 unspecified atom stereocenters. The van der Waals surface area contributed by atoms with Crippen LogP contribution in [0.25, 0.3) is 0 Å². The van der Waals surface area contributed by atoms with Crippen LogP contribution in [0.2, 0.25) is 0 Å². The maximum atomic E-state index is 5.66. The van der Waals surface area contributed by atoms with Gasteiger partial charge in [-0.15, -0.1) is 0 Å². The van der Waals surface area contributed by atoms with Gasteiger partial charge in [0.05, 0.1) is 25.8 Å². The summed E-state index contributed by atoms with van der Waals surface area (Å²) in [5.41, 5.74) is 2.65. The number of rotatable bonds is 4. The zero-order valence-corrected chi connectivity index (χ0v) is 11.1. The summed E-state index contributed by atoms with van der Waals surface area (Å²) in [6.45, 7) is 4.51. The Labute approximate surface area is 113 Å². The highest BCUT2D eigenvalue weighted by Gasteiger charge is 2.21. The van der Waals surface area contributed by atoms with E-state index in [1.165, 1.54) is 11.1 Å². The number of nitrogens with zero attached hydrogens (tertiary/aromatic N) is 2. The predicted molar refractivity (Wildman–Crippen MR) is 73.7 cm³/mol. The standard InChI is InChI=1S/C15H19N3O/c1-12(9-18-8-4-7-16-18)17-15-11-19-10-13-5-2-3-6-14(13)15/h2-8,12,15,17H,9-11H2,1H3. The van der Waals surface area contributed by atoms with Crippen molar-refractivity contribution in [2.45, 2.75) is 32.2 Å². The highest BCUT2D eigenvalue weighted by molar-refractivity contribution is 5.31. The van der Waals surface area contributed by atoms with Crippen LogP contribution in [-0.2, 0) is 17.9 Å². The third-order valence-corrected chi connectivity index (χ3v) is 3.48. The molecule has 1 aromatic carbocycles. The van der Waals surface area contributed by atoms with Crippen molar-refractivity contribution in [2.24, 2.45) is 0 Å². The van der Waals surface area contributed by atoms with Crippen LogP contribution in [0, 0.1) is 0 Å². The van der Waals surface area contributed by atoms with E-state index in [0.717, 1.165) is 19.8 Å². The monoisotopic (exact) mass is 257 g/mol. The molecule has 1 aliphatic rings. The van der Waals surface area contributed by atoms with Crippen LogP contribution in [0.3, 0.4) is 0 Å².